The number of halogens is 1. The minimum absolute atomic E-state index is 0.840. The third kappa shape index (κ3) is 5.55. The lowest BCUT2D eigenvalue weighted by atomic mass is 10.1. The fourth-order valence-corrected chi connectivity index (χ4v) is 2.38. The number of ether oxygens (including phenoxy) is 1. The molecular weight excluding hydrogens is 362 g/mol. The lowest BCUT2D eigenvalue weighted by molar-refractivity contribution is -2.00. The van der Waals surface area contributed by atoms with Crippen molar-refractivity contribution in [3.8, 4) is 17.1 Å². The maximum Gasteiger partial charge on any atom is 0.214 e. The van der Waals surface area contributed by atoms with E-state index in [0.29, 0.717) is 0 Å². The van der Waals surface area contributed by atoms with E-state index in [1.807, 2.05) is 56.6 Å². The molecule has 2 aromatic carbocycles. The van der Waals surface area contributed by atoms with Gasteiger partial charge in [-0.3, -0.25) is 0 Å². The fourth-order valence-electron chi connectivity index (χ4n) is 2.38. The molecule has 1 heterocycles. The number of methoxy groups -OCH3 is 1. The standard InChI is InChI=1S/C18H18NO2.ClHO4/c1-19(2)16-12-18(13-8-10-14(20-3)11-9-13)21-17-7-5-4-6-15(16)17;2-1(3,4)5/h4-12H,1-3H3;(H,2,3,4,5)/q+1;/p-1. The van der Waals surface area contributed by atoms with Crippen LogP contribution in [0.5, 0.6) is 5.75 Å². The quantitative estimate of drug-likeness (QED) is 0.494. The van der Waals surface area contributed by atoms with E-state index in [0.717, 1.165) is 33.4 Å². The zero-order valence-electron chi connectivity index (χ0n) is 14.5. The monoisotopic (exact) mass is 379 g/mol. The highest BCUT2D eigenvalue weighted by molar-refractivity contribution is 5.78. The predicted molar refractivity (Wildman–Crippen MR) is 85.3 cm³/mol. The predicted octanol–water partition coefficient (Wildman–Crippen LogP) is -1.62. The molecule has 3 aromatic rings. The van der Waals surface area contributed by atoms with Crippen LogP contribution in [-0.2, 0) is 0 Å². The van der Waals surface area contributed by atoms with Crippen LogP contribution in [0.15, 0.2) is 59.0 Å². The second kappa shape index (κ2) is 8.31. The molecule has 7 nitrogen and oxygen atoms in total. The first-order valence-electron chi connectivity index (χ1n) is 7.48. The Bertz CT molecular complexity index is 934. The summed E-state index contributed by atoms with van der Waals surface area (Å²) in [6, 6.07) is 18.1. The van der Waals surface area contributed by atoms with Crippen LogP contribution < -0.4 is 33.3 Å². The van der Waals surface area contributed by atoms with Crippen LogP contribution in [0.4, 0.5) is 0 Å². The molecule has 0 unspecified atom stereocenters. The molecule has 0 saturated heterocycles. The van der Waals surface area contributed by atoms with Crippen molar-refractivity contribution >= 4 is 11.0 Å². The molecule has 0 aliphatic carbocycles. The van der Waals surface area contributed by atoms with Gasteiger partial charge in [0.05, 0.1) is 18.6 Å². The molecule has 0 atom stereocenters. The Hall–Kier alpha value is -2.42. The lowest BCUT2D eigenvalue weighted by Gasteiger charge is -2.17. The average Bonchev–Trinajstić information content (AvgIpc) is 2.59. The lowest BCUT2D eigenvalue weighted by Crippen LogP contribution is -2.68. The molecule has 0 aliphatic rings. The Balaban J connectivity index is 0.000000431. The maximum absolute atomic E-state index is 8.49. The zero-order valence-corrected chi connectivity index (χ0v) is 15.2. The first-order chi connectivity index (χ1) is 12.2. The van der Waals surface area contributed by atoms with Gasteiger partial charge in [-0.15, -0.1) is 10.2 Å². The van der Waals surface area contributed by atoms with Crippen molar-refractivity contribution in [2.75, 3.05) is 21.2 Å². The summed E-state index contributed by atoms with van der Waals surface area (Å²) >= 11 is 0. The van der Waals surface area contributed by atoms with Crippen LogP contribution in [0.2, 0.25) is 0 Å². The third-order valence-electron chi connectivity index (χ3n) is 3.51. The van der Waals surface area contributed by atoms with Gasteiger partial charge in [0.1, 0.15) is 31.2 Å². The molecule has 138 valence electrons. The van der Waals surface area contributed by atoms with E-state index in [-0.39, 0.29) is 0 Å². The van der Waals surface area contributed by atoms with Crippen molar-refractivity contribution in [3.05, 3.63) is 60.0 Å². The van der Waals surface area contributed by atoms with Crippen molar-refractivity contribution in [1.82, 2.24) is 4.58 Å². The SMILES string of the molecule is COc1ccc(-c2cc(=[N+](C)C)c3ccccc3o2)cc1.[O-][Cl+3]([O-])([O-])[O-]. The van der Waals surface area contributed by atoms with E-state index in [1.54, 1.807) is 7.11 Å². The van der Waals surface area contributed by atoms with Gasteiger partial charge in [-0.2, -0.15) is 0 Å². The van der Waals surface area contributed by atoms with Crippen LogP contribution in [0.3, 0.4) is 0 Å². The van der Waals surface area contributed by atoms with Gasteiger partial charge in [-0.25, -0.2) is 23.2 Å². The van der Waals surface area contributed by atoms with Gasteiger partial charge in [0, 0.05) is 5.56 Å². The zero-order chi connectivity index (χ0) is 19.3. The number of hydrogen-bond acceptors (Lipinski definition) is 6. The number of rotatable bonds is 2. The highest BCUT2D eigenvalue weighted by atomic mass is 35.7. The van der Waals surface area contributed by atoms with Crippen molar-refractivity contribution in [2.45, 2.75) is 0 Å². The van der Waals surface area contributed by atoms with Crippen LogP contribution in [-0.4, -0.2) is 21.2 Å². The Morgan fingerprint density at radius 2 is 1.50 bits per heavy atom. The number of para-hydroxylation sites is 1. The van der Waals surface area contributed by atoms with Crippen LogP contribution in [0, 0.1) is 10.2 Å². The molecule has 0 bridgehead atoms. The highest BCUT2D eigenvalue weighted by Crippen LogP contribution is 2.24. The summed E-state index contributed by atoms with van der Waals surface area (Å²) in [5, 5.41) is 2.25. The van der Waals surface area contributed by atoms with Crippen LogP contribution >= 0.6 is 0 Å². The summed E-state index contributed by atoms with van der Waals surface area (Å²) in [6.07, 6.45) is 0. The van der Waals surface area contributed by atoms with Crippen molar-refractivity contribution in [2.24, 2.45) is 0 Å². The van der Waals surface area contributed by atoms with Gasteiger partial charge in [-0.1, -0.05) is 12.1 Å². The first kappa shape index (κ1) is 19.9. The summed E-state index contributed by atoms with van der Waals surface area (Å²) in [6.45, 7) is 0. The fraction of sp³-hybridized carbons (Fsp3) is 0.167. The number of benzene rings is 2. The van der Waals surface area contributed by atoms with Gasteiger partial charge in [0.2, 0.25) is 5.36 Å². The van der Waals surface area contributed by atoms with Crippen molar-refractivity contribution in [3.63, 3.8) is 0 Å². The highest BCUT2D eigenvalue weighted by Gasteiger charge is 2.09. The second-order valence-electron chi connectivity index (χ2n) is 5.49. The van der Waals surface area contributed by atoms with E-state index in [4.69, 9.17) is 27.8 Å². The Labute approximate surface area is 152 Å². The van der Waals surface area contributed by atoms with Gasteiger partial charge in [-0.05, 0) is 36.4 Å². The minimum Gasteiger partial charge on any atom is -0.497 e. The topological polar surface area (TPSA) is 118 Å². The Morgan fingerprint density at radius 1 is 0.923 bits per heavy atom. The van der Waals surface area contributed by atoms with Gasteiger partial charge in [0.25, 0.3) is 0 Å². The van der Waals surface area contributed by atoms with Crippen LogP contribution in [0.1, 0.15) is 0 Å². The van der Waals surface area contributed by atoms with Gasteiger partial charge >= 0.3 is 0 Å². The summed E-state index contributed by atoms with van der Waals surface area (Å²) in [7, 11) is 0.804. The molecular formula is C18H18ClNO6. The molecule has 26 heavy (non-hydrogen) atoms. The van der Waals surface area contributed by atoms with E-state index in [2.05, 4.69) is 16.7 Å². The van der Waals surface area contributed by atoms with Crippen LogP contribution in [0.25, 0.3) is 22.3 Å². The molecule has 3 rings (SSSR count). The van der Waals surface area contributed by atoms with E-state index >= 15 is 0 Å². The maximum atomic E-state index is 8.49. The number of fused-ring (bicyclic) bond motifs is 1. The third-order valence-corrected chi connectivity index (χ3v) is 3.51. The van der Waals surface area contributed by atoms with Crippen molar-refractivity contribution in [1.29, 1.82) is 0 Å². The molecule has 0 aliphatic heterocycles. The largest absolute Gasteiger partial charge is 0.497 e. The van der Waals surface area contributed by atoms with E-state index in [9.17, 15) is 0 Å². The summed E-state index contributed by atoms with van der Waals surface area (Å²) < 4.78 is 47.3. The molecule has 0 saturated carbocycles. The first-order valence-corrected chi connectivity index (χ1v) is 8.72. The number of hydrogen-bond donors (Lipinski definition) is 0. The van der Waals surface area contributed by atoms with Crippen molar-refractivity contribution < 1.29 is 38.0 Å². The van der Waals surface area contributed by atoms with Gasteiger partial charge < -0.3 is 9.15 Å². The normalized spacial score (nSPS) is 10.9. The Morgan fingerprint density at radius 3 is 2.04 bits per heavy atom. The molecule has 0 N–H and O–H groups in total. The average molecular weight is 380 g/mol. The molecule has 8 heteroatoms. The Kier molecular flexibility index (Phi) is 6.36. The summed E-state index contributed by atoms with van der Waals surface area (Å²) in [5.41, 5.74) is 1.92. The summed E-state index contributed by atoms with van der Waals surface area (Å²) in [5.74, 6) is 1.69. The number of nitrogens with zero attached hydrogens (tertiary/aromatic N) is 1. The summed E-state index contributed by atoms with van der Waals surface area (Å²) in [4.78, 5) is 0. The van der Waals surface area contributed by atoms with E-state index in [1.165, 1.54) is 0 Å². The molecule has 1 aromatic heterocycles. The molecule has 0 amide bonds. The minimum atomic E-state index is -4.94. The smallest absolute Gasteiger partial charge is 0.214 e. The molecule has 0 spiro atoms. The molecule has 0 fully saturated rings. The molecule has 0 radical (unpaired) electrons. The van der Waals surface area contributed by atoms with Gasteiger partial charge in [0.15, 0.2) is 0 Å². The van der Waals surface area contributed by atoms with E-state index < -0.39 is 10.2 Å². The second-order valence-corrected chi connectivity index (χ2v) is 6.25.